The minimum absolute atomic E-state index is 0.298. The van der Waals surface area contributed by atoms with Crippen molar-refractivity contribution in [2.75, 3.05) is 13.2 Å². The summed E-state index contributed by atoms with van der Waals surface area (Å²) in [5.41, 5.74) is 7.72. The molecule has 0 bridgehead atoms. The number of halogens is 1. The number of benzene rings is 1. The van der Waals surface area contributed by atoms with Crippen LogP contribution >= 0.6 is 0 Å². The molecule has 0 aliphatic rings. The number of hydrogen-bond donors (Lipinski definition) is 1. The van der Waals surface area contributed by atoms with Crippen molar-refractivity contribution >= 4 is 0 Å². The molecule has 2 N–H and O–H groups in total. The van der Waals surface area contributed by atoms with Gasteiger partial charge < -0.3 is 15.2 Å². The van der Waals surface area contributed by atoms with Gasteiger partial charge in [0.15, 0.2) is 6.29 Å². The topological polar surface area (TPSA) is 44.5 Å². The highest BCUT2D eigenvalue weighted by atomic mass is 19.1. The molecule has 4 heteroatoms. The smallest absolute Gasteiger partial charge is 0.176 e. The molecular weight excluding hydrogens is 221 g/mol. The summed E-state index contributed by atoms with van der Waals surface area (Å²) in [5, 5.41) is 0. The molecule has 0 saturated heterocycles. The fourth-order valence-electron chi connectivity index (χ4n) is 1.70. The first-order valence-corrected chi connectivity index (χ1v) is 5.85. The van der Waals surface area contributed by atoms with Gasteiger partial charge in [-0.1, -0.05) is 6.07 Å². The zero-order chi connectivity index (χ0) is 12.8. The molecule has 1 atom stereocenters. The predicted molar refractivity (Wildman–Crippen MR) is 65.1 cm³/mol. The zero-order valence-electron chi connectivity index (χ0n) is 10.6. The lowest BCUT2D eigenvalue weighted by atomic mass is 10.0. The van der Waals surface area contributed by atoms with Crippen molar-refractivity contribution in [3.8, 4) is 0 Å². The minimum atomic E-state index is -0.537. The Labute approximate surface area is 102 Å². The Hall–Kier alpha value is -0.970. The van der Waals surface area contributed by atoms with Gasteiger partial charge in [0.05, 0.1) is 6.04 Å². The van der Waals surface area contributed by atoms with Crippen LogP contribution in [0.5, 0.6) is 0 Å². The zero-order valence-corrected chi connectivity index (χ0v) is 10.6. The Kier molecular flexibility index (Phi) is 5.55. The highest BCUT2D eigenvalue weighted by molar-refractivity contribution is 5.29. The first-order chi connectivity index (χ1) is 8.10. The molecule has 0 radical (unpaired) electrons. The SMILES string of the molecule is CCOC(OCC)C(N)c1cc(F)ccc1C. The van der Waals surface area contributed by atoms with Gasteiger partial charge in [0.25, 0.3) is 0 Å². The second-order valence-electron chi connectivity index (χ2n) is 3.81. The lowest BCUT2D eigenvalue weighted by molar-refractivity contribution is -0.149. The van der Waals surface area contributed by atoms with Crippen molar-refractivity contribution in [1.82, 2.24) is 0 Å². The van der Waals surface area contributed by atoms with Crippen LogP contribution in [-0.4, -0.2) is 19.5 Å². The van der Waals surface area contributed by atoms with Gasteiger partial charge >= 0.3 is 0 Å². The van der Waals surface area contributed by atoms with Gasteiger partial charge in [-0.25, -0.2) is 4.39 Å². The minimum Gasteiger partial charge on any atom is -0.351 e. The van der Waals surface area contributed by atoms with Gasteiger partial charge in [-0.05, 0) is 44.0 Å². The molecule has 96 valence electrons. The van der Waals surface area contributed by atoms with E-state index in [2.05, 4.69) is 0 Å². The molecule has 3 nitrogen and oxygen atoms in total. The maximum atomic E-state index is 13.2. The van der Waals surface area contributed by atoms with Gasteiger partial charge in [-0.15, -0.1) is 0 Å². The summed E-state index contributed by atoms with van der Waals surface area (Å²) in [7, 11) is 0. The van der Waals surface area contributed by atoms with E-state index in [1.54, 1.807) is 6.07 Å². The van der Waals surface area contributed by atoms with Gasteiger partial charge in [0.2, 0.25) is 0 Å². The van der Waals surface area contributed by atoms with Gasteiger partial charge in [-0.2, -0.15) is 0 Å². The second kappa shape index (κ2) is 6.69. The molecule has 17 heavy (non-hydrogen) atoms. The van der Waals surface area contributed by atoms with Crippen molar-refractivity contribution in [3.05, 3.63) is 35.1 Å². The molecule has 1 aromatic rings. The van der Waals surface area contributed by atoms with Gasteiger partial charge in [0.1, 0.15) is 5.82 Å². The maximum absolute atomic E-state index is 13.2. The van der Waals surface area contributed by atoms with Crippen molar-refractivity contribution in [2.24, 2.45) is 5.73 Å². The number of hydrogen-bond acceptors (Lipinski definition) is 3. The molecule has 0 aromatic heterocycles. The second-order valence-corrected chi connectivity index (χ2v) is 3.81. The van der Waals surface area contributed by atoms with Crippen molar-refractivity contribution in [3.63, 3.8) is 0 Å². The summed E-state index contributed by atoms with van der Waals surface area (Å²) in [4.78, 5) is 0. The molecule has 0 heterocycles. The Morgan fingerprint density at radius 2 is 1.82 bits per heavy atom. The molecule has 1 unspecified atom stereocenters. The van der Waals surface area contributed by atoms with Crippen LogP contribution in [0.2, 0.25) is 0 Å². The van der Waals surface area contributed by atoms with E-state index in [1.807, 2.05) is 20.8 Å². The van der Waals surface area contributed by atoms with E-state index in [1.165, 1.54) is 12.1 Å². The third kappa shape index (κ3) is 3.77. The molecular formula is C13H20FNO2. The van der Waals surface area contributed by atoms with Crippen molar-refractivity contribution in [1.29, 1.82) is 0 Å². The fourth-order valence-corrected chi connectivity index (χ4v) is 1.70. The first-order valence-electron chi connectivity index (χ1n) is 5.85. The van der Waals surface area contributed by atoms with E-state index < -0.39 is 12.3 Å². The Morgan fingerprint density at radius 1 is 1.24 bits per heavy atom. The van der Waals surface area contributed by atoms with E-state index in [0.717, 1.165) is 11.1 Å². The van der Waals surface area contributed by atoms with E-state index in [4.69, 9.17) is 15.2 Å². The predicted octanol–water partition coefficient (Wildman–Crippen LogP) is 2.53. The van der Waals surface area contributed by atoms with Gasteiger partial charge in [-0.3, -0.25) is 0 Å². The van der Waals surface area contributed by atoms with Crippen LogP contribution in [0.4, 0.5) is 4.39 Å². The normalized spacial score (nSPS) is 13.1. The Balaban J connectivity index is 2.91. The van der Waals surface area contributed by atoms with Crippen LogP contribution in [0.25, 0.3) is 0 Å². The molecule has 0 fully saturated rings. The highest BCUT2D eigenvalue weighted by Crippen LogP contribution is 2.22. The van der Waals surface area contributed by atoms with E-state index in [0.29, 0.717) is 13.2 Å². The lowest BCUT2D eigenvalue weighted by Crippen LogP contribution is -2.32. The largest absolute Gasteiger partial charge is 0.351 e. The molecule has 0 saturated carbocycles. The third-order valence-corrected chi connectivity index (χ3v) is 2.56. The lowest BCUT2D eigenvalue weighted by Gasteiger charge is -2.25. The van der Waals surface area contributed by atoms with Crippen LogP contribution in [-0.2, 0) is 9.47 Å². The third-order valence-electron chi connectivity index (χ3n) is 2.56. The molecule has 0 spiro atoms. The van der Waals surface area contributed by atoms with Crippen LogP contribution in [0, 0.1) is 12.7 Å². The number of aryl methyl sites for hydroxylation is 1. The monoisotopic (exact) mass is 241 g/mol. The van der Waals surface area contributed by atoms with Crippen LogP contribution < -0.4 is 5.73 Å². The molecule has 1 aromatic carbocycles. The Bertz CT molecular complexity index is 351. The number of nitrogens with two attached hydrogens (primary N) is 1. The fraction of sp³-hybridized carbons (Fsp3) is 0.538. The number of rotatable bonds is 6. The average molecular weight is 241 g/mol. The summed E-state index contributed by atoms with van der Waals surface area (Å²) >= 11 is 0. The summed E-state index contributed by atoms with van der Waals surface area (Å²) in [6.45, 7) is 6.65. The number of ether oxygens (including phenoxy) is 2. The quantitative estimate of drug-likeness (QED) is 0.778. The van der Waals surface area contributed by atoms with Crippen LogP contribution in [0.1, 0.15) is 31.0 Å². The van der Waals surface area contributed by atoms with Gasteiger partial charge in [0, 0.05) is 13.2 Å². The first kappa shape index (κ1) is 14.1. The standard InChI is InChI=1S/C13H20FNO2/c1-4-16-13(17-5-2)12(15)11-8-10(14)7-6-9(11)3/h6-8,12-13H,4-5,15H2,1-3H3. The Morgan fingerprint density at radius 3 is 2.35 bits per heavy atom. The van der Waals surface area contributed by atoms with Crippen molar-refractivity contribution < 1.29 is 13.9 Å². The molecule has 0 aliphatic heterocycles. The summed E-state index contributed by atoms with van der Waals surface area (Å²) in [6.07, 6.45) is -0.537. The average Bonchev–Trinajstić information content (AvgIpc) is 2.31. The van der Waals surface area contributed by atoms with Crippen molar-refractivity contribution in [2.45, 2.75) is 33.1 Å². The van der Waals surface area contributed by atoms with E-state index in [-0.39, 0.29) is 5.82 Å². The van der Waals surface area contributed by atoms with E-state index in [9.17, 15) is 4.39 Å². The molecule has 0 aliphatic carbocycles. The summed E-state index contributed by atoms with van der Waals surface area (Å²) < 4.78 is 24.1. The van der Waals surface area contributed by atoms with Crippen LogP contribution in [0.3, 0.4) is 0 Å². The molecule has 0 amide bonds. The highest BCUT2D eigenvalue weighted by Gasteiger charge is 2.22. The van der Waals surface area contributed by atoms with E-state index >= 15 is 0 Å². The summed E-state index contributed by atoms with van der Waals surface area (Å²) in [5.74, 6) is -0.298. The maximum Gasteiger partial charge on any atom is 0.176 e. The summed E-state index contributed by atoms with van der Waals surface area (Å²) in [6, 6.07) is 4.08. The molecule has 1 rings (SSSR count). The van der Waals surface area contributed by atoms with Crippen LogP contribution in [0.15, 0.2) is 18.2 Å².